The van der Waals surface area contributed by atoms with Crippen molar-refractivity contribution in [2.75, 3.05) is 12.4 Å². The largest absolute Gasteiger partial charge is 0.376 e. The minimum absolute atomic E-state index is 0.137. The van der Waals surface area contributed by atoms with Crippen molar-refractivity contribution < 1.29 is 22.4 Å². The Balaban J connectivity index is 2.23. The average molecular weight is 313 g/mol. The summed E-state index contributed by atoms with van der Waals surface area (Å²) in [5.74, 6) is -7.02. The molecule has 0 spiro atoms. The third kappa shape index (κ3) is 3.16. The van der Waals surface area contributed by atoms with Crippen molar-refractivity contribution in [1.29, 1.82) is 0 Å². The second kappa shape index (κ2) is 6.42. The number of carbonyl (C=O) groups is 1. The highest BCUT2D eigenvalue weighted by Gasteiger charge is 2.20. The van der Waals surface area contributed by atoms with Crippen LogP contribution in [0.5, 0.6) is 0 Å². The van der Waals surface area contributed by atoms with E-state index in [9.17, 15) is 22.4 Å². The van der Waals surface area contributed by atoms with Gasteiger partial charge in [0.05, 0.1) is 0 Å². The normalized spacial score (nSPS) is 10.4. The van der Waals surface area contributed by atoms with E-state index in [1.807, 2.05) is 0 Å². The van der Waals surface area contributed by atoms with Crippen molar-refractivity contribution in [2.24, 2.45) is 0 Å². The first-order chi connectivity index (χ1) is 10.4. The SMILES string of the molecule is CNC(=O)c1cccc(CNc2c(F)c(F)nc(F)c2F)c1. The summed E-state index contributed by atoms with van der Waals surface area (Å²) in [4.78, 5) is 13.9. The van der Waals surface area contributed by atoms with Crippen LogP contribution in [0.15, 0.2) is 24.3 Å². The first-order valence-electron chi connectivity index (χ1n) is 6.19. The third-order valence-corrected chi connectivity index (χ3v) is 2.88. The van der Waals surface area contributed by atoms with E-state index in [1.54, 1.807) is 18.2 Å². The molecule has 1 heterocycles. The van der Waals surface area contributed by atoms with Gasteiger partial charge in [0.2, 0.25) is 11.6 Å². The van der Waals surface area contributed by atoms with E-state index >= 15 is 0 Å². The van der Waals surface area contributed by atoms with Crippen molar-refractivity contribution in [2.45, 2.75) is 6.54 Å². The highest BCUT2D eigenvalue weighted by molar-refractivity contribution is 5.94. The molecule has 0 aliphatic rings. The van der Waals surface area contributed by atoms with Crippen molar-refractivity contribution in [3.63, 3.8) is 0 Å². The molecule has 1 aromatic carbocycles. The number of rotatable bonds is 4. The Morgan fingerprint density at radius 1 is 1.14 bits per heavy atom. The summed E-state index contributed by atoms with van der Waals surface area (Å²) < 4.78 is 52.8. The standard InChI is InChI=1S/C14H11F4N3O/c1-19-14(22)8-4-2-3-7(5-8)6-20-11-9(15)12(17)21-13(18)10(11)16/h2-5H,6H2,1H3,(H,19,22)(H,20,21). The first kappa shape index (κ1) is 15.7. The molecule has 0 unspecified atom stereocenters. The second-order valence-corrected chi connectivity index (χ2v) is 4.33. The summed E-state index contributed by atoms with van der Waals surface area (Å²) in [7, 11) is 1.46. The lowest BCUT2D eigenvalue weighted by Crippen LogP contribution is -2.18. The van der Waals surface area contributed by atoms with Gasteiger partial charge in [0, 0.05) is 19.2 Å². The van der Waals surface area contributed by atoms with Crippen LogP contribution in [-0.2, 0) is 6.54 Å². The quantitative estimate of drug-likeness (QED) is 0.674. The molecule has 0 saturated carbocycles. The Hall–Kier alpha value is -2.64. The molecule has 116 valence electrons. The topological polar surface area (TPSA) is 54.0 Å². The lowest BCUT2D eigenvalue weighted by Gasteiger charge is -2.10. The van der Waals surface area contributed by atoms with Crippen LogP contribution in [0.3, 0.4) is 0 Å². The zero-order valence-corrected chi connectivity index (χ0v) is 11.4. The van der Waals surface area contributed by atoms with E-state index in [0.29, 0.717) is 11.1 Å². The molecule has 2 aromatic rings. The summed E-state index contributed by atoms with van der Waals surface area (Å²) in [5.41, 5.74) is -0.109. The molecule has 0 fully saturated rings. The number of amides is 1. The van der Waals surface area contributed by atoms with E-state index in [-0.39, 0.29) is 12.5 Å². The molecule has 0 saturated heterocycles. The van der Waals surface area contributed by atoms with Gasteiger partial charge in [-0.2, -0.15) is 22.5 Å². The number of aromatic nitrogens is 1. The van der Waals surface area contributed by atoms with Gasteiger partial charge in [-0.15, -0.1) is 0 Å². The molecule has 1 amide bonds. The van der Waals surface area contributed by atoms with Gasteiger partial charge in [-0.05, 0) is 17.7 Å². The van der Waals surface area contributed by atoms with Crippen molar-refractivity contribution in [1.82, 2.24) is 10.3 Å². The summed E-state index contributed by atoms with van der Waals surface area (Å²) in [5, 5.41) is 4.69. The Morgan fingerprint density at radius 3 is 2.36 bits per heavy atom. The number of hydrogen-bond donors (Lipinski definition) is 2. The molecular formula is C14H11F4N3O. The Kier molecular flexibility index (Phi) is 4.59. The van der Waals surface area contributed by atoms with Crippen LogP contribution >= 0.6 is 0 Å². The van der Waals surface area contributed by atoms with Gasteiger partial charge in [-0.1, -0.05) is 12.1 Å². The minimum Gasteiger partial charge on any atom is -0.376 e. The van der Waals surface area contributed by atoms with Crippen LogP contribution in [0.2, 0.25) is 0 Å². The van der Waals surface area contributed by atoms with Crippen molar-refractivity contribution in [3.05, 3.63) is 58.9 Å². The molecule has 0 aliphatic heterocycles. The second-order valence-electron chi connectivity index (χ2n) is 4.33. The molecule has 0 aliphatic carbocycles. The van der Waals surface area contributed by atoms with E-state index in [2.05, 4.69) is 15.6 Å². The summed E-state index contributed by atoms with van der Waals surface area (Å²) in [6.07, 6.45) is 0. The number of carbonyl (C=O) groups excluding carboxylic acids is 1. The van der Waals surface area contributed by atoms with Crippen molar-refractivity contribution in [3.8, 4) is 0 Å². The van der Waals surface area contributed by atoms with E-state index < -0.39 is 29.2 Å². The predicted octanol–water partition coefficient (Wildman–Crippen LogP) is 2.61. The fraction of sp³-hybridized carbons (Fsp3) is 0.143. The Bertz CT molecular complexity index is 695. The molecule has 4 nitrogen and oxygen atoms in total. The average Bonchev–Trinajstić information content (AvgIpc) is 2.52. The van der Waals surface area contributed by atoms with Crippen molar-refractivity contribution >= 4 is 11.6 Å². The van der Waals surface area contributed by atoms with Gasteiger partial charge in [0.25, 0.3) is 17.8 Å². The third-order valence-electron chi connectivity index (χ3n) is 2.88. The first-order valence-corrected chi connectivity index (χ1v) is 6.19. The summed E-state index contributed by atoms with van der Waals surface area (Å²) >= 11 is 0. The molecule has 0 radical (unpaired) electrons. The number of halogens is 4. The number of nitrogens with zero attached hydrogens (tertiary/aromatic N) is 1. The Morgan fingerprint density at radius 2 is 1.77 bits per heavy atom. The smallest absolute Gasteiger partial charge is 0.253 e. The minimum atomic E-state index is -1.74. The molecule has 0 atom stereocenters. The zero-order chi connectivity index (χ0) is 16.3. The Labute approximate surface area is 123 Å². The number of anilines is 1. The fourth-order valence-corrected chi connectivity index (χ4v) is 1.80. The van der Waals surface area contributed by atoms with Crippen LogP contribution < -0.4 is 10.6 Å². The summed E-state index contributed by atoms with van der Waals surface area (Å²) in [6.45, 7) is -0.137. The van der Waals surface area contributed by atoms with Crippen LogP contribution in [-0.4, -0.2) is 17.9 Å². The number of pyridine rings is 1. The number of hydrogen-bond acceptors (Lipinski definition) is 3. The maximum absolute atomic E-state index is 13.4. The van der Waals surface area contributed by atoms with Gasteiger partial charge in [-0.25, -0.2) is 0 Å². The molecular weight excluding hydrogens is 302 g/mol. The van der Waals surface area contributed by atoms with Gasteiger partial charge in [-0.3, -0.25) is 4.79 Å². The van der Waals surface area contributed by atoms with Crippen LogP contribution in [0.4, 0.5) is 23.2 Å². The predicted molar refractivity (Wildman–Crippen MR) is 71.2 cm³/mol. The van der Waals surface area contributed by atoms with Gasteiger partial charge >= 0.3 is 0 Å². The number of benzene rings is 1. The van der Waals surface area contributed by atoms with Crippen LogP contribution in [0, 0.1) is 23.5 Å². The van der Waals surface area contributed by atoms with E-state index in [4.69, 9.17) is 0 Å². The maximum atomic E-state index is 13.4. The maximum Gasteiger partial charge on any atom is 0.253 e. The molecule has 22 heavy (non-hydrogen) atoms. The van der Waals surface area contributed by atoms with Gasteiger partial charge < -0.3 is 10.6 Å². The van der Waals surface area contributed by atoms with E-state index in [1.165, 1.54) is 13.1 Å². The molecule has 2 N–H and O–H groups in total. The van der Waals surface area contributed by atoms with E-state index in [0.717, 1.165) is 0 Å². The monoisotopic (exact) mass is 313 g/mol. The highest BCUT2D eigenvalue weighted by atomic mass is 19.2. The van der Waals surface area contributed by atoms with Crippen LogP contribution in [0.1, 0.15) is 15.9 Å². The highest BCUT2D eigenvalue weighted by Crippen LogP contribution is 2.22. The molecule has 8 heteroatoms. The van der Waals surface area contributed by atoms with Gasteiger partial charge in [0.1, 0.15) is 5.69 Å². The lowest BCUT2D eigenvalue weighted by molar-refractivity contribution is 0.0963. The van der Waals surface area contributed by atoms with Crippen LogP contribution in [0.25, 0.3) is 0 Å². The molecule has 2 rings (SSSR count). The van der Waals surface area contributed by atoms with Gasteiger partial charge in [0.15, 0.2) is 0 Å². The lowest BCUT2D eigenvalue weighted by atomic mass is 10.1. The fourth-order valence-electron chi connectivity index (χ4n) is 1.80. The molecule has 0 bridgehead atoms. The molecule has 1 aromatic heterocycles. The number of nitrogens with one attached hydrogen (secondary N) is 2. The zero-order valence-electron chi connectivity index (χ0n) is 11.4. The summed E-state index contributed by atoms with van der Waals surface area (Å²) in [6, 6.07) is 6.19.